The number of aromatic nitrogens is 3. The third-order valence-electron chi connectivity index (χ3n) is 2.99. The number of benzene rings is 1. The fourth-order valence-corrected chi connectivity index (χ4v) is 3.13. The van der Waals surface area contributed by atoms with Gasteiger partial charge < -0.3 is 4.57 Å². The summed E-state index contributed by atoms with van der Waals surface area (Å²) in [7, 11) is 0. The van der Waals surface area contributed by atoms with Crippen LogP contribution in [-0.4, -0.2) is 20.4 Å². The second-order valence-electron chi connectivity index (χ2n) is 4.29. The molecule has 0 unspecified atom stereocenters. The number of thiazole rings is 1. The molecule has 20 heavy (non-hydrogen) atoms. The molecule has 0 saturated carbocycles. The van der Waals surface area contributed by atoms with Gasteiger partial charge in [0.1, 0.15) is 5.82 Å². The number of alkyl halides is 1. The lowest BCUT2D eigenvalue weighted by Gasteiger charge is -2.07. The van der Waals surface area contributed by atoms with Gasteiger partial charge >= 0.3 is 0 Å². The van der Waals surface area contributed by atoms with E-state index in [1.54, 1.807) is 17.4 Å². The zero-order valence-corrected chi connectivity index (χ0v) is 13.4. The predicted octanol–water partition coefficient (Wildman–Crippen LogP) is 4.63. The van der Waals surface area contributed by atoms with Crippen LogP contribution in [-0.2, 0) is 13.0 Å². The fraction of sp³-hybridized carbons (Fsp3) is 0.231. The van der Waals surface area contributed by atoms with Gasteiger partial charge in [-0.15, -0.1) is 22.9 Å². The minimum Gasteiger partial charge on any atom is -0.322 e. The number of fused-ring (bicyclic) bond motifs is 1. The number of hydrogen-bond acceptors (Lipinski definition) is 3. The molecule has 0 N–H and O–H groups in total. The highest BCUT2D eigenvalue weighted by Crippen LogP contribution is 2.29. The molecule has 1 aromatic carbocycles. The number of halogens is 3. The summed E-state index contributed by atoms with van der Waals surface area (Å²) in [5.74, 6) is 1.43. The molecule has 2 aromatic heterocycles. The van der Waals surface area contributed by atoms with E-state index in [0.29, 0.717) is 28.9 Å². The lowest BCUT2D eigenvalue weighted by atomic mass is 10.3. The van der Waals surface area contributed by atoms with Gasteiger partial charge in [-0.25, -0.2) is 9.97 Å². The van der Waals surface area contributed by atoms with Crippen molar-refractivity contribution >= 4 is 57.2 Å². The van der Waals surface area contributed by atoms with Crippen molar-refractivity contribution in [3.05, 3.63) is 44.6 Å². The Bertz CT molecular complexity index is 737. The van der Waals surface area contributed by atoms with E-state index in [1.165, 1.54) is 0 Å². The van der Waals surface area contributed by atoms with E-state index in [-0.39, 0.29) is 0 Å². The summed E-state index contributed by atoms with van der Waals surface area (Å²) in [6, 6.07) is 3.63. The highest BCUT2D eigenvalue weighted by atomic mass is 35.5. The fourth-order valence-electron chi connectivity index (χ4n) is 2.10. The minimum atomic E-state index is 0.509. The summed E-state index contributed by atoms with van der Waals surface area (Å²) < 4.78 is 2.09. The van der Waals surface area contributed by atoms with Gasteiger partial charge in [0.15, 0.2) is 0 Å². The van der Waals surface area contributed by atoms with Crippen LogP contribution in [0.3, 0.4) is 0 Å². The van der Waals surface area contributed by atoms with E-state index < -0.39 is 0 Å². The summed E-state index contributed by atoms with van der Waals surface area (Å²) in [4.78, 5) is 8.91. The molecule has 0 bridgehead atoms. The molecule has 2 heterocycles. The second-order valence-corrected chi connectivity index (χ2v) is 6.20. The van der Waals surface area contributed by atoms with Gasteiger partial charge in [0, 0.05) is 17.7 Å². The first-order valence-corrected chi connectivity index (χ1v) is 8.19. The smallest absolute Gasteiger partial charge is 0.111 e. The molecule has 0 fully saturated rings. The number of imidazole rings is 1. The Hall–Kier alpha value is -0.810. The van der Waals surface area contributed by atoms with Gasteiger partial charge in [-0.05, 0) is 12.1 Å². The van der Waals surface area contributed by atoms with Gasteiger partial charge in [-0.3, -0.25) is 0 Å². The summed E-state index contributed by atoms with van der Waals surface area (Å²) >= 11 is 19.6. The average molecular weight is 347 g/mol. The third kappa shape index (κ3) is 2.66. The van der Waals surface area contributed by atoms with Crippen molar-refractivity contribution in [3.63, 3.8) is 0 Å². The molecule has 0 amide bonds. The predicted molar refractivity (Wildman–Crippen MR) is 85.4 cm³/mol. The summed E-state index contributed by atoms with van der Waals surface area (Å²) in [6.45, 7) is 0.657. The van der Waals surface area contributed by atoms with Crippen molar-refractivity contribution in [3.8, 4) is 0 Å². The Balaban J connectivity index is 2.15. The number of hydrogen-bond donors (Lipinski definition) is 0. The largest absolute Gasteiger partial charge is 0.322 e. The minimum absolute atomic E-state index is 0.509. The van der Waals surface area contributed by atoms with Crippen molar-refractivity contribution in [2.75, 3.05) is 5.88 Å². The lowest BCUT2D eigenvalue weighted by Crippen LogP contribution is -2.06. The van der Waals surface area contributed by atoms with Crippen LogP contribution < -0.4 is 0 Å². The normalized spacial score (nSPS) is 11.3. The molecule has 0 aliphatic carbocycles. The Labute approximate surface area is 135 Å². The molecule has 3 aromatic rings. The quantitative estimate of drug-likeness (QED) is 0.645. The van der Waals surface area contributed by atoms with E-state index in [1.807, 2.05) is 17.0 Å². The topological polar surface area (TPSA) is 30.7 Å². The molecular weight excluding hydrogens is 337 g/mol. The Morgan fingerprint density at radius 1 is 1.20 bits per heavy atom. The van der Waals surface area contributed by atoms with Gasteiger partial charge in [0.25, 0.3) is 0 Å². The van der Waals surface area contributed by atoms with Crippen molar-refractivity contribution in [2.24, 2.45) is 0 Å². The zero-order valence-electron chi connectivity index (χ0n) is 10.3. The van der Waals surface area contributed by atoms with Crippen LogP contribution in [0.15, 0.2) is 23.0 Å². The number of rotatable bonds is 4. The van der Waals surface area contributed by atoms with Gasteiger partial charge in [0.2, 0.25) is 0 Å². The molecule has 0 aliphatic heterocycles. The summed E-state index contributed by atoms with van der Waals surface area (Å²) in [5, 5.41) is 3.05. The van der Waals surface area contributed by atoms with Crippen LogP contribution in [0.4, 0.5) is 0 Å². The van der Waals surface area contributed by atoms with Gasteiger partial charge in [-0.1, -0.05) is 23.2 Å². The molecule has 0 spiro atoms. The van der Waals surface area contributed by atoms with E-state index in [2.05, 4.69) is 14.5 Å². The monoisotopic (exact) mass is 345 g/mol. The highest BCUT2D eigenvalue weighted by Gasteiger charge is 2.13. The molecule has 3 nitrogen and oxygen atoms in total. The first-order valence-electron chi connectivity index (χ1n) is 5.96. The average Bonchev–Trinajstić information content (AvgIpc) is 3.02. The molecule has 7 heteroatoms. The third-order valence-corrected chi connectivity index (χ3v) is 4.54. The van der Waals surface area contributed by atoms with Crippen molar-refractivity contribution in [1.29, 1.82) is 0 Å². The van der Waals surface area contributed by atoms with E-state index in [4.69, 9.17) is 34.8 Å². The van der Waals surface area contributed by atoms with Crippen LogP contribution in [0, 0.1) is 0 Å². The molecule has 0 saturated heterocycles. The molecule has 3 rings (SSSR count). The lowest BCUT2D eigenvalue weighted by molar-refractivity contribution is 0.742. The Kier molecular flexibility index (Phi) is 4.17. The van der Waals surface area contributed by atoms with E-state index >= 15 is 0 Å². The first-order chi connectivity index (χ1) is 9.69. The van der Waals surface area contributed by atoms with Crippen LogP contribution in [0.25, 0.3) is 11.0 Å². The van der Waals surface area contributed by atoms with Crippen molar-refractivity contribution in [2.45, 2.75) is 13.0 Å². The number of nitrogens with zero attached hydrogens (tertiary/aromatic N) is 3. The number of aryl methyl sites for hydroxylation is 1. The van der Waals surface area contributed by atoms with Crippen LogP contribution >= 0.6 is 46.1 Å². The SMILES string of the molecule is ClCCc1nc2cc(Cl)c(Cl)cc2n1Cc1cscn1. The maximum absolute atomic E-state index is 6.12. The van der Waals surface area contributed by atoms with Gasteiger partial charge in [-0.2, -0.15) is 0 Å². The van der Waals surface area contributed by atoms with Crippen LogP contribution in [0.1, 0.15) is 11.5 Å². The maximum atomic E-state index is 6.12. The summed E-state index contributed by atoms with van der Waals surface area (Å²) in [5.41, 5.74) is 4.60. The second kappa shape index (κ2) is 5.90. The van der Waals surface area contributed by atoms with E-state index in [0.717, 1.165) is 22.6 Å². The molecule has 0 atom stereocenters. The van der Waals surface area contributed by atoms with E-state index in [9.17, 15) is 0 Å². The van der Waals surface area contributed by atoms with Crippen LogP contribution in [0.5, 0.6) is 0 Å². The first kappa shape index (κ1) is 14.1. The molecular formula is C13H10Cl3N3S. The standard InChI is InChI=1S/C13H10Cl3N3S/c14-2-1-13-18-11-3-9(15)10(16)4-12(11)19(13)5-8-6-20-7-17-8/h3-4,6-7H,1-2,5H2. The van der Waals surface area contributed by atoms with Crippen molar-refractivity contribution in [1.82, 2.24) is 14.5 Å². The van der Waals surface area contributed by atoms with Gasteiger partial charge in [0.05, 0.1) is 38.8 Å². The van der Waals surface area contributed by atoms with Crippen molar-refractivity contribution < 1.29 is 0 Å². The Morgan fingerprint density at radius 3 is 2.70 bits per heavy atom. The molecule has 104 valence electrons. The highest BCUT2D eigenvalue weighted by molar-refractivity contribution is 7.07. The molecule has 0 radical (unpaired) electrons. The Morgan fingerprint density at radius 2 is 2.00 bits per heavy atom. The maximum Gasteiger partial charge on any atom is 0.111 e. The molecule has 0 aliphatic rings. The summed E-state index contributed by atoms with van der Waals surface area (Å²) in [6.07, 6.45) is 0.690. The van der Waals surface area contributed by atoms with Crippen LogP contribution in [0.2, 0.25) is 10.0 Å². The zero-order chi connectivity index (χ0) is 14.1.